The minimum atomic E-state index is -0.826. The fraction of sp³-hybridized carbons (Fsp3) is 0.0833. The molecule has 1 N–H and O–H groups in total. The van der Waals surface area contributed by atoms with E-state index in [1.807, 2.05) is 74.6 Å². The summed E-state index contributed by atoms with van der Waals surface area (Å²) in [6.07, 6.45) is 12.9. The fourth-order valence-corrected chi connectivity index (χ4v) is 3.70. The van der Waals surface area contributed by atoms with Gasteiger partial charge in [0.2, 0.25) is 0 Å². The van der Waals surface area contributed by atoms with Gasteiger partial charge in [0.15, 0.2) is 0 Å². The predicted molar refractivity (Wildman–Crippen MR) is 119 cm³/mol. The number of pyridine rings is 1. The second kappa shape index (κ2) is 8.35. The van der Waals surface area contributed by atoms with E-state index in [0.717, 1.165) is 34.1 Å². The van der Waals surface area contributed by atoms with Crippen LogP contribution in [0.2, 0.25) is 0 Å². The van der Waals surface area contributed by atoms with E-state index in [9.17, 15) is 9.90 Å². The maximum absolute atomic E-state index is 11.2. The van der Waals surface area contributed by atoms with Gasteiger partial charge >= 0.3 is 5.97 Å². The topological polar surface area (TPSA) is 90.8 Å². The number of imidazole rings is 2. The number of aliphatic carboxylic acids is 1. The number of benzene rings is 1. The second-order valence-corrected chi connectivity index (χ2v) is 7.30. The van der Waals surface area contributed by atoms with E-state index in [1.54, 1.807) is 31.2 Å². The van der Waals surface area contributed by atoms with Gasteiger partial charge in [-0.2, -0.15) is 0 Å². The molecule has 0 atom stereocenters. The van der Waals surface area contributed by atoms with Crippen LogP contribution >= 0.6 is 0 Å². The first-order valence-electron chi connectivity index (χ1n) is 10.1. The molecule has 158 valence electrons. The summed E-state index contributed by atoms with van der Waals surface area (Å²) in [4.78, 5) is 24.0. The Hall–Kier alpha value is -4.46. The number of carboxylic acids is 1. The molecule has 0 amide bonds. The smallest absolute Gasteiger partial charge is 0.303 e. The third-order valence-corrected chi connectivity index (χ3v) is 5.29. The Morgan fingerprint density at radius 1 is 0.844 bits per heavy atom. The van der Waals surface area contributed by atoms with Gasteiger partial charge in [0, 0.05) is 36.2 Å². The first-order valence-corrected chi connectivity index (χ1v) is 10.1. The quantitative estimate of drug-likeness (QED) is 0.428. The molecule has 0 aliphatic rings. The van der Waals surface area contributed by atoms with Gasteiger partial charge in [0.1, 0.15) is 5.82 Å². The minimum Gasteiger partial charge on any atom is -0.481 e. The maximum Gasteiger partial charge on any atom is 0.303 e. The standard InChI is InChI=1S/C24H20N6O2/c31-24(32)10-7-20-5-8-22(18-1-3-19(4-2-18)28-13-11-25-16-28)30(20)23-9-6-21(15-27-23)29-14-12-26-17-29/h1-6,8-9,11-17H,7,10H2,(H,31,32). The molecule has 0 unspecified atom stereocenters. The lowest BCUT2D eigenvalue weighted by Crippen LogP contribution is -2.07. The third kappa shape index (κ3) is 3.81. The summed E-state index contributed by atoms with van der Waals surface area (Å²) in [7, 11) is 0. The number of hydrogen-bond acceptors (Lipinski definition) is 4. The first kappa shape index (κ1) is 19.5. The largest absolute Gasteiger partial charge is 0.481 e. The number of aryl methyl sites for hydroxylation is 1. The molecule has 4 heterocycles. The van der Waals surface area contributed by atoms with Crippen LogP contribution in [-0.4, -0.2) is 39.7 Å². The molecule has 8 heteroatoms. The van der Waals surface area contributed by atoms with Crippen molar-refractivity contribution >= 4 is 5.97 Å². The van der Waals surface area contributed by atoms with E-state index in [1.165, 1.54) is 0 Å². The molecule has 0 fully saturated rings. The summed E-state index contributed by atoms with van der Waals surface area (Å²) in [6.45, 7) is 0. The molecule has 0 spiro atoms. The fourth-order valence-electron chi connectivity index (χ4n) is 3.70. The highest BCUT2D eigenvalue weighted by molar-refractivity contribution is 5.68. The molecule has 4 aromatic heterocycles. The highest BCUT2D eigenvalue weighted by Crippen LogP contribution is 2.28. The zero-order chi connectivity index (χ0) is 21.9. The van der Waals surface area contributed by atoms with Gasteiger partial charge in [-0.05, 0) is 48.4 Å². The van der Waals surface area contributed by atoms with Gasteiger partial charge in [-0.3, -0.25) is 9.36 Å². The third-order valence-electron chi connectivity index (χ3n) is 5.29. The molecular weight excluding hydrogens is 404 g/mol. The molecule has 32 heavy (non-hydrogen) atoms. The summed E-state index contributed by atoms with van der Waals surface area (Å²) in [5.41, 5.74) is 4.76. The number of nitrogens with zero attached hydrogens (tertiary/aromatic N) is 6. The monoisotopic (exact) mass is 424 g/mol. The molecule has 0 radical (unpaired) electrons. The number of rotatable bonds is 7. The number of carbonyl (C=O) groups is 1. The first-order chi connectivity index (χ1) is 15.7. The predicted octanol–water partition coefficient (Wildman–Crippen LogP) is 3.93. The second-order valence-electron chi connectivity index (χ2n) is 7.30. The van der Waals surface area contributed by atoms with Crippen molar-refractivity contribution in [3.8, 4) is 28.5 Å². The van der Waals surface area contributed by atoms with Crippen molar-refractivity contribution in [2.45, 2.75) is 12.8 Å². The van der Waals surface area contributed by atoms with Crippen LogP contribution in [0.25, 0.3) is 28.5 Å². The van der Waals surface area contributed by atoms with Crippen molar-refractivity contribution < 1.29 is 9.90 Å². The number of carboxylic acid groups (broad SMARTS) is 1. The van der Waals surface area contributed by atoms with Crippen molar-refractivity contribution in [3.05, 3.63) is 97.9 Å². The molecule has 5 rings (SSSR count). The molecule has 5 aromatic rings. The number of aromatic nitrogens is 6. The van der Waals surface area contributed by atoms with E-state index in [-0.39, 0.29) is 6.42 Å². The molecule has 0 aliphatic carbocycles. The average molecular weight is 424 g/mol. The molecule has 1 aromatic carbocycles. The summed E-state index contributed by atoms with van der Waals surface area (Å²) in [6, 6.07) is 16.0. The lowest BCUT2D eigenvalue weighted by atomic mass is 10.1. The van der Waals surface area contributed by atoms with E-state index in [0.29, 0.717) is 6.42 Å². The van der Waals surface area contributed by atoms with Gasteiger partial charge in [-0.25, -0.2) is 15.0 Å². The van der Waals surface area contributed by atoms with Crippen LogP contribution in [-0.2, 0) is 11.2 Å². The van der Waals surface area contributed by atoms with Crippen molar-refractivity contribution in [2.75, 3.05) is 0 Å². The molecule has 0 bridgehead atoms. The Balaban J connectivity index is 1.54. The Labute approximate surface area is 184 Å². The summed E-state index contributed by atoms with van der Waals surface area (Å²) in [5, 5.41) is 9.18. The molecular formula is C24H20N6O2. The van der Waals surface area contributed by atoms with E-state index in [4.69, 9.17) is 0 Å². The highest BCUT2D eigenvalue weighted by Gasteiger charge is 2.14. The zero-order valence-corrected chi connectivity index (χ0v) is 17.1. The van der Waals surface area contributed by atoms with Crippen LogP contribution in [0.4, 0.5) is 0 Å². The lowest BCUT2D eigenvalue weighted by Gasteiger charge is -2.14. The van der Waals surface area contributed by atoms with Crippen LogP contribution in [0.15, 0.2) is 92.2 Å². The van der Waals surface area contributed by atoms with Gasteiger partial charge in [0.05, 0.1) is 36.7 Å². The SMILES string of the molecule is O=C(O)CCc1ccc(-c2ccc(-n3ccnc3)cc2)n1-c1ccc(-n2ccnc2)cn1. The Morgan fingerprint density at radius 3 is 2.12 bits per heavy atom. The van der Waals surface area contributed by atoms with Gasteiger partial charge < -0.3 is 14.2 Å². The summed E-state index contributed by atoms with van der Waals surface area (Å²) in [5.74, 6) is -0.0969. The van der Waals surface area contributed by atoms with Crippen LogP contribution in [0.5, 0.6) is 0 Å². The molecule has 0 saturated carbocycles. The van der Waals surface area contributed by atoms with Crippen LogP contribution in [0, 0.1) is 0 Å². The van der Waals surface area contributed by atoms with E-state index in [2.05, 4.69) is 15.0 Å². The normalized spacial score (nSPS) is 11.0. The Kier molecular flexibility index (Phi) is 5.09. The average Bonchev–Trinajstić information content (AvgIpc) is 3.60. The zero-order valence-electron chi connectivity index (χ0n) is 17.1. The molecule has 8 nitrogen and oxygen atoms in total. The Morgan fingerprint density at radius 2 is 1.53 bits per heavy atom. The minimum absolute atomic E-state index is 0.0517. The van der Waals surface area contributed by atoms with Gasteiger partial charge in [-0.1, -0.05) is 12.1 Å². The van der Waals surface area contributed by atoms with Crippen LogP contribution in [0.1, 0.15) is 12.1 Å². The summed E-state index contributed by atoms with van der Waals surface area (Å²) < 4.78 is 5.85. The summed E-state index contributed by atoms with van der Waals surface area (Å²) >= 11 is 0. The van der Waals surface area contributed by atoms with Crippen molar-refractivity contribution in [1.29, 1.82) is 0 Å². The van der Waals surface area contributed by atoms with E-state index >= 15 is 0 Å². The van der Waals surface area contributed by atoms with Crippen LogP contribution in [0.3, 0.4) is 0 Å². The maximum atomic E-state index is 11.2. The van der Waals surface area contributed by atoms with E-state index < -0.39 is 5.97 Å². The van der Waals surface area contributed by atoms with Crippen molar-refractivity contribution in [1.82, 2.24) is 28.7 Å². The van der Waals surface area contributed by atoms with Gasteiger partial charge in [0.25, 0.3) is 0 Å². The Bertz CT molecular complexity index is 1320. The number of hydrogen-bond donors (Lipinski definition) is 1. The van der Waals surface area contributed by atoms with Gasteiger partial charge in [-0.15, -0.1) is 0 Å². The lowest BCUT2D eigenvalue weighted by molar-refractivity contribution is -0.136. The molecule has 0 aliphatic heterocycles. The highest BCUT2D eigenvalue weighted by atomic mass is 16.4. The molecule has 0 saturated heterocycles. The van der Waals surface area contributed by atoms with Crippen molar-refractivity contribution in [3.63, 3.8) is 0 Å². The van der Waals surface area contributed by atoms with Crippen molar-refractivity contribution in [2.24, 2.45) is 0 Å². The van der Waals surface area contributed by atoms with Crippen LogP contribution < -0.4 is 0 Å².